The fourth-order valence-corrected chi connectivity index (χ4v) is 2.57. The molecule has 3 N–H and O–H groups in total. The summed E-state index contributed by atoms with van der Waals surface area (Å²) in [5.74, 6) is 0. The third-order valence-electron chi connectivity index (χ3n) is 3.37. The third kappa shape index (κ3) is 3.00. The molecule has 1 saturated heterocycles. The van der Waals surface area contributed by atoms with Gasteiger partial charge in [0.05, 0.1) is 6.10 Å². The second kappa shape index (κ2) is 5.67. The smallest absolute Gasteiger partial charge is 0.106 e. The standard InChI is InChI=1S/C14H20N2OS/c1-9-4-3-5-12(14(15)18)13(9)16-11-6-7-17-10(2)8-11/h3-5,10-11,16H,6-8H2,1-2H3,(H2,15,18). The Morgan fingerprint density at radius 3 is 2.94 bits per heavy atom. The van der Waals surface area contributed by atoms with Crippen molar-refractivity contribution < 1.29 is 4.74 Å². The van der Waals surface area contributed by atoms with Crippen LogP contribution in [0.1, 0.15) is 30.9 Å². The van der Waals surface area contributed by atoms with E-state index in [9.17, 15) is 0 Å². The van der Waals surface area contributed by atoms with Gasteiger partial charge < -0.3 is 15.8 Å². The summed E-state index contributed by atoms with van der Waals surface area (Å²) in [4.78, 5) is 0.446. The van der Waals surface area contributed by atoms with Crippen molar-refractivity contribution in [3.05, 3.63) is 29.3 Å². The normalized spacial score (nSPS) is 23.7. The summed E-state index contributed by atoms with van der Waals surface area (Å²) in [6, 6.07) is 6.47. The molecular weight excluding hydrogens is 244 g/mol. The van der Waals surface area contributed by atoms with Crippen LogP contribution < -0.4 is 11.1 Å². The minimum Gasteiger partial charge on any atom is -0.389 e. The molecule has 18 heavy (non-hydrogen) atoms. The number of nitrogens with two attached hydrogens (primary N) is 1. The largest absolute Gasteiger partial charge is 0.389 e. The summed E-state index contributed by atoms with van der Waals surface area (Å²) in [5, 5.41) is 3.58. The van der Waals surface area contributed by atoms with E-state index in [1.54, 1.807) is 0 Å². The lowest BCUT2D eigenvalue weighted by molar-refractivity contribution is 0.0232. The molecule has 0 spiro atoms. The van der Waals surface area contributed by atoms with Crippen molar-refractivity contribution in [1.82, 2.24) is 0 Å². The zero-order chi connectivity index (χ0) is 13.1. The van der Waals surface area contributed by atoms with Crippen LogP contribution in [-0.4, -0.2) is 23.7 Å². The molecular formula is C14H20N2OS. The summed E-state index contributed by atoms with van der Waals surface area (Å²) in [5.41, 5.74) is 8.97. The van der Waals surface area contributed by atoms with Gasteiger partial charge in [0.25, 0.3) is 0 Å². The Morgan fingerprint density at radius 1 is 1.50 bits per heavy atom. The molecule has 98 valence electrons. The Kier molecular flexibility index (Phi) is 4.19. The van der Waals surface area contributed by atoms with Crippen molar-refractivity contribution in [2.45, 2.75) is 38.8 Å². The number of para-hydroxylation sites is 1. The lowest BCUT2D eigenvalue weighted by Gasteiger charge is -2.30. The summed E-state index contributed by atoms with van der Waals surface area (Å²) < 4.78 is 5.56. The van der Waals surface area contributed by atoms with E-state index in [0.717, 1.165) is 30.7 Å². The first-order chi connectivity index (χ1) is 8.58. The zero-order valence-corrected chi connectivity index (χ0v) is 11.7. The van der Waals surface area contributed by atoms with Gasteiger partial charge in [-0.2, -0.15) is 0 Å². The monoisotopic (exact) mass is 264 g/mol. The topological polar surface area (TPSA) is 47.3 Å². The number of ether oxygens (including phenoxy) is 1. The van der Waals surface area contributed by atoms with Gasteiger partial charge in [-0.15, -0.1) is 0 Å². The van der Waals surface area contributed by atoms with E-state index in [4.69, 9.17) is 22.7 Å². The Morgan fingerprint density at radius 2 is 2.28 bits per heavy atom. The molecule has 1 fully saturated rings. The summed E-state index contributed by atoms with van der Waals surface area (Å²) >= 11 is 5.11. The fourth-order valence-electron chi connectivity index (χ4n) is 2.40. The Labute approximate surface area is 114 Å². The molecule has 2 rings (SSSR count). The number of hydrogen-bond acceptors (Lipinski definition) is 3. The van der Waals surface area contributed by atoms with Crippen LogP contribution in [0.2, 0.25) is 0 Å². The highest BCUT2D eigenvalue weighted by atomic mass is 32.1. The average Bonchev–Trinajstić information content (AvgIpc) is 2.31. The maximum absolute atomic E-state index is 5.78. The van der Waals surface area contributed by atoms with Crippen molar-refractivity contribution in [3.8, 4) is 0 Å². The van der Waals surface area contributed by atoms with Crippen LogP contribution in [0.25, 0.3) is 0 Å². The molecule has 1 heterocycles. The molecule has 2 atom stereocenters. The quantitative estimate of drug-likeness (QED) is 0.824. The van der Waals surface area contributed by atoms with Crippen molar-refractivity contribution >= 4 is 22.9 Å². The van der Waals surface area contributed by atoms with Crippen molar-refractivity contribution in [3.63, 3.8) is 0 Å². The highest BCUT2D eigenvalue weighted by Gasteiger charge is 2.20. The third-order valence-corrected chi connectivity index (χ3v) is 3.59. The molecule has 0 bridgehead atoms. The first-order valence-electron chi connectivity index (χ1n) is 6.35. The van der Waals surface area contributed by atoms with E-state index in [2.05, 4.69) is 25.2 Å². The van der Waals surface area contributed by atoms with E-state index in [0.29, 0.717) is 17.1 Å². The van der Waals surface area contributed by atoms with Gasteiger partial charge in [0.1, 0.15) is 4.99 Å². The molecule has 2 unspecified atom stereocenters. The van der Waals surface area contributed by atoms with Crippen LogP contribution >= 0.6 is 12.2 Å². The highest BCUT2D eigenvalue weighted by molar-refractivity contribution is 7.80. The maximum Gasteiger partial charge on any atom is 0.106 e. The average molecular weight is 264 g/mol. The minimum atomic E-state index is 0.313. The van der Waals surface area contributed by atoms with Gasteiger partial charge in [-0.1, -0.05) is 24.4 Å². The molecule has 1 aromatic carbocycles. The van der Waals surface area contributed by atoms with Gasteiger partial charge in [-0.05, 0) is 38.3 Å². The Bertz CT molecular complexity index is 447. The molecule has 1 aliphatic rings. The molecule has 0 saturated carbocycles. The van der Waals surface area contributed by atoms with Gasteiger partial charge in [0.15, 0.2) is 0 Å². The first-order valence-corrected chi connectivity index (χ1v) is 6.76. The Hall–Kier alpha value is -1.13. The molecule has 1 aromatic rings. The van der Waals surface area contributed by atoms with Gasteiger partial charge in [-0.25, -0.2) is 0 Å². The second-order valence-corrected chi connectivity index (χ2v) is 5.35. The fraction of sp³-hybridized carbons (Fsp3) is 0.500. The van der Waals surface area contributed by atoms with Crippen LogP contribution in [0.4, 0.5) is 5.69 Å². The maximum atomic E-state index is 5.78. The van der Waals surface area contributed by atoms with Crippen molar-refractivity contribution in [1.29, 1.82) is 0 Å². The van der Waals surface area contributed by atoms with Gasteiger partial charge in [0.2, 0.25) is 0 Å². The van der Waals surface area contributed by atoms with Crippen LogP contribution in [0.5, 0.6) is 0 Å². The number of aryl methyl sites for hydroxylation is 1. The number of benzene rings is 1. The highest BCUT2D eigenvalue weighted by Crippen LogP contribution is 2.25. The summed E-state index contributed by atoms with van der Waals surface area (Å²) in [7, 11) is 0. The lowest BCUT2D eigenvalue weighted by Crippen LogP contribution is -2.33. The molecule has 4 heteroatoms. The van der Waals surface area contributed by atoms with E-state index in [1.807, 2.05) is 12.1 Å². The molecule has 3 nitrogen and oxygen atoms in total. The van der Waals surface area contributed by atoms with E-state index >= 15 is 0 Å². The molecule has 0 amide bonds. The first kappa shape index (κ1) is 13.3. The molecule has 0 aromatic heterocycles. The number of thiocarbonyl (C=S) groups is 1. The summed E-state index contributed by atoms with van der Waals surface area (Å²) in [6.45, 7) is 5.00. The second-order valence-electron chi connectivity index (χ2n) is 4.91. The SMILES string of the molecule is Cc1cccc(C(N)=S)c1NC1CCOC(C)C1. The molecule has 0 radical (unpaired) electrons. The van der Waals surface area contributed by atoms with Crippen LogP contribution in [0.3, 0.4) is 0 Å². The number of anilines is 1. The number of nitrogens with one attached hydrogen (secondary N) is 1. The van der Waals surface area contributed by atoms with Gasteiger partial charge in [-0.3, -0.25) is 0 Å². The molecule has 1 aliphatic heterocycles. The van der Waals surface area contributed by atoms with E-state index < -0.39 is 0 Å². The van der Waals surface area contributed by atoms with Gasteiger partial charge >= 0.3 is 0 Å². The zero-order valence-electron chi connectivity index (χ0n) is 10.9. The van der Waals surface area contributed by atoms with Crippen molar-refractivity contribution in [2.24, 2.45) is 5.73 Å². The van der Waals surface area contributed by atoms with Crippen LogP contribution in [-0.2, 0) is 4.74 Å². The summed E-state index contributed by atoms with van der Waals surface area (Å²) in [6.07, 6.45) is 2.36. The van der Waals surface area contributed by atoms with E-state index in [-0.39, 0.29) is 0 Å². The number of rotatable bonds is 3. The Balaban J connectivity index is 2.20. The molecule has 0 aliphatic carbocycles. The lowest BCUT2D eigenvalue weighted by atomic mass is 10.0. The van der Waals surface area contributed by atoms with Crippen LogP contribution in [0.15, 0.2) is 18.2 Å². The predicted octanol–water partition coefficient (Wildman–Crippen LogP) is 2.61. The van der Waals surface area contributed by atoms with Crippen LogP contribution in [0, 0.1) is 6.92 Å². The predicted molar refractivity (Wildman–Crippen MR) is 79.1 cm³/mol. The minimum absolute atomic E-state index is 0.313. The van der Waals surface area contributed by atoms with Gasteiger partial charge in [0, 0.05) is 23.9 Å². The number of hydrogen-bond donors (Lipinski definition) is 2. The van der Waals surface area contributed by atoms with Crippen molar-refractivity contribution in [2.75, 3.05) is 11.9 Å². The van der Waals surface area contributed by atoms with E-state index in [1.165, 1.54) is 5.56 Å².